The minimum atomic E-state index is -0.883. The van der Waals surface area contributed by atoms with E-state index in [1.807, 2.05) is 0 Å². The molecular weight excluding hydrogens is 392 g/mol. The first-order chi connectivity index (χ1) is 14.6. The molecule has 0 radical (unpaired) electrons. The summed E-state index contributed by atoms with van der Waals surface area (Å²) in [5, 5.41) is 23.8. The molecule has 9 atom stereocenters. The lowest BCUT2D eigenvalue weighted by Crippen LogP contribution is -2.67. The van der Waals surface area contributed by atoms with Gasteiger partial charge in [-0.2, -0.15) is 0 Å². The fourth-order valence-electron chi connectivity index (χ4n) is 8.86. The first-order valence-corrected chi connectivity index (χ1v) is 12.5. The van der Waals surface area contributed by atoms with Crippen LogP contribution in [0.25, 0.3) is 0 Å². The van der Waals surface area contributed by atoms with Crippen LogP contribution in [-0.4, -0.2) is 46.7 Å². The molecule has 2 N–H and O–H groups in total. The number of ether oxygens (including phenoxy) is 2. The highest BCUT2D eigenvalue weighted by Crippen LogP contribution is 2.70. The molecule has 4 fully saturated rings. The van der Waals surface area contributed by atoms with Gasteiger partial charge >= 0.3 is 5.97 Å². The zero-order valence-corrected chi connectivity index (χ0v) is 19.6. The molecule has 1 heterocycles. The van der Waals surface area contributed by atoms with Gasteiger partial charge in [-0.25, -0.2) is 4.79 Å². The lowest BCUT2D eigenvalue weighted by Gasteiger charge is -2.65. The van der Waals surface area contributed by atoms with Crippen molar-refractivity contribution in [3.8, 4) is 0 Å². The smallest absolute Gasteiger partial charge is 0.331 e. The van der Waals surface area contributed by atoms with Gasteiger partial charge in [0.05, 0.1) is 23.9 Å². The molecular formula is C26H40O5. The molecule has 0 spiro atoms. The summed E-state index contributed by atoms with van der Waals surface area (Å²) in [6.07, 6.45) is 9.40. The molecule has 0 aromatic rings. The molecule has 0 amide bonds. The molecule has 174 valence electrons. The largest absolute Gasteiger partial charge is 0.458 e. The molecule has 0 aromatic carbocycles. The van der Waals surface area contributed by atoms with Crippen LogP contribution in [0.1, 0.15) is 79.1 Å². The van der Waals surface area contributed by atoms with Crippen molar-refractivity contribution in [2.45, 2.75) is 103 Å². The number of fused-ring (bicyclic) bond motifs is 5. The van der Waals surface area contributed by atoms with Gasteiger partial charge in [0.25, 0.3) is 0 Å². The first kappa shape index (κ1) is 21.9. The van der Waals surface area contributed by atoms with Gasteiger partial charge in [0, 0.05) is 11.5 Å². The molecule has 5 aliphatic rings. The van der Waals surface area contributed by atoms with Crippen LogP contribution < -0.4 is 0 Å². The number of esters is 1. The fraction of sp³-hybridized carbons (Fsp3) is 0.885. The van der Waals surface area contributed by atoms with Crippen LogP contribution >= 0.6 is 0 Å². The quantitative estimate of drug-likeness (QED) is 0.659. The average molecular weight is 433 g/mol. The second kappa shape index (κ2) is 7.30. The summed E-state index contributed by atoms with van der Waals surface area (Å²) in [5.41, 5.74) is -0.380. The molecule has 5 nitrogen and oxygen atoms in total. The van der Waals surface area contributed by atoms with E-state index in [4.69, 9.17) is 9.47 Å². The van der Waals surface area contributed by atoms with Gasteiger partial charge in [0.15, 0.2) is 0 Å². The predicted octanol–water partition coefficient (Wildman–Crippen LogP) is 4.01. The number of rotatable bonds is 3. The Labute approximate surface area is 186 Å². The van der Waals surface area contributed by atoms with Crippen molar-refractivity contribution >= 4 is 5.97 Å². The van der Waals surface area contributed by atoms with Gasteiger partial charge in [0.1, 0.15) is 6.61 Å². The van der Waals surface area contributed by atoms with Gasteiger partial charge in [-0.1, -0.05) is 13.8 Å². The summed E-state index contributed by atoms with van der Waals surface area (Å²) in [4.78, 5) is 11.7. The summed E-state index contributed by atoms with van der Waals surface area (Å²) >= 11 is 0. The highest BCUT2D eigenvalue weighted by Gasteiger charge is 2.70. The molecule has 1 aliphatic heterocycles. The van der Waals surface area contributed by atoms with Gasteiger partial charge in [-0.3, -0.25) is 0 Å². The first-order valence-electron chi connectivity index (χ1n) is 12.5. The van der Waals surface area contributed by atoms with Crippen LogP contribution in [0.3, 0.4) is 0 Å². The molecule has 4 aliphatic carbocycles. The summed E-state index contributed by atoms with van der Waals surface area (Å²) in [6.45, 7) is 9.06. The maximum absolute atomic E-state index is 12.3. The maximum Gasteiger partial charge on any atom is 0.331 e. The van der Waals surface area contributed by atoms with Crippen LogP contribution in [0.5, 0.6) is 0 Å². The van der Waals surface area contributed by atoms with Crippen molar-refractivity contribution in [1.29, 1.82) is 0 Å². The van der Waals surface area contributed by atoms with E-state index >= 15 is 0 Å². The van der Waals surface area contributed by atoms with E-state index in [2.05, 4.69) is 27.7 Å². The SMILES string of the molecule is CC(C)O[C@H]1CC[C@@]2(C)[C@H](CC[C@@H]3[C@@H]2C[C@@H](O)[C@]2(C)[C@@H](C4=CC(=O)OC4)CC[C@]32O)C1. The molecule has 5 heteroatoms. The van der Waals surface area contributed by atoms with Crippen molar-refractivity contribution in [1.82, 2.24) is 0 Å². The predicted molar refractivity (Wildman–Crippen MR) is 117 cm³/mol. The molecule has 4 saturated carbocycles. The number of cyclic esters (lactones) is 1. The van der Waals surface area contributed by atoms with Crippen molar-refractivity contribution in [2.75, 3.05) is 6.61 Å². The van der Waals surface area contributed by atoms with Crippen molar-refractivity contribution in [3.63, 3.8) is 0 Å². The number of carbonyl (C=O) groups excluding carboxylic acids is 1. The Morgan fingerprint density at radius 3 is 2.55 bits per heavy atom. The van der Waals surface area contributed by atoms with E-state index in [0.717, 1.165) is 50.5 Å². The highest BCUT2D eigenvalue weighted by atomic mass is 16.5. The Kier molecular flexibility index (Phi) is 5.16. The number of aliphatic hydroxyl groups excluding tert-OH is 1. The van der Waals surface area contributed by atoms with Gasteiger partial charge < -0.3 is 19.7 Å². The molecule has 0 saturated heterocycles. The zero-order chi connectivity index (χ0) is 22.2. The Hall–Kier alpha value is -0.910. The monoisotopic (exact) mass is 432 g/mol. The van der Waals surface area contributed by atoms with Gasteiger partial charge in [-0.05, 0) is 99.9 Å². The lowest BCUT2D eigenvalue weighted by atomic mass is 9.42. The van der Waals surface area contributed by atoms with E-state index in [9.17, 15) is 15.0 Å². The second-order valence-electron chi connectivity index (χ2n) is 12.0. The van der Waals surface area contributed by atoms with Gasteiger partial charge in [0.2, 0.25) is 0 Å². The summed E-state index contributed by atoms with van der Waals surface area (Å²) in [5.74, 6) is 0.889. The normalized spacial score (nSPS) is 51.7. The topological polar surface area (TPSA) is 76.0 Å². The summed E-state index contributed by atoms with van der Waals surface area (Å²) in [7, 11) is 0. The molecule has 5 rings (SSSR count). The molecule has 0 unspecified atom stereocenters. The number of hydrogen-bond donors (Lipinski definition) is 2. The highest BCUT2D eigenvalue weighted by molar-refractivity contribution is 5.85. The van der Waals surface area contributed by atoms with Gasteiger partial charge in [-0.15, -0.1) is 0 Å². The summed E-state index contributed by atoms with van der Waals surface area (Å²) < 4.78 is 11.4. The van der Waals surface area contributed by atoms with E-state index < -0.39 is 17.1 Å². The van der Waals surface area contributed by atoms with E-state index in [-0.39, 0.29) is 29.3 Å². The van der Waals surface area contributed by atoms with Crippen LogP contribution in [0.4, 0.5) is 0 Å². The number of hydrogen-bond acceptors (Lipinski definition) is 5. The Morgan fingerprint density at radius 1 is 1.10 bits per heavy atom. The third-order valence-corrected chi connectivity index (χ3v) is 10.5. The van der Waals surface area contributed by atoms with Crippen molar-refractivity contribution < 1.29 is 24.5 Å². The molecule has 0 aromatic heterocycles. The summed E-state index contributed by atoms with van der Waals surface area (Å²) in [6, 6.07) is 0. The fourth-order valence-corrected chi connectivity index (χ4v) is 8.86. The minimum absolute atomic E-state index is 0.0145. The van der Waals surface area contributed by atoms with Crippen LogP contribution in [0, 0.1) is 34.5 Å². The average Bonchev–Trinajstić information content (AvgIpc) is 3.24. The van der Waals surface area contributed by atoms with E-state index in [0.29, 0.717) is 31.0 Å². The van der Waals surface area contributed by atoms with E-state index in [1.165, 1.54) is 0 Å². The lowest BCUT2D eigenvalue weighted by molar-refractivity contribution is -0.246. The Bertz CT molecular complexity index is 776. The standard InChI is InChI=1S/C26H40O5/c1-15(2)31-18-7-9-24(3)17(12-18)5-6-20-21(24)13-22(27)25(4)19(8-10-26(20,25)29)16-11-23(28)30-14-16/h11,15,17-22,27,29H,5-10,12-14H2,1-4H3/t17-,18+,19-,20-,21+,22-,24+,25+,26+/m1/s1. The Balaban J connectivity index is 1.43. The molecule has 0 bridgehead atoms. The van der Waals surface area contributed by atoms with Crippen LogP contribution in [0.2, 0.25) is 0 Å². The van der Waals surface area contributed by atoms with Crippen molar-refractivity contribution in [3.05, 3.63) is 11.6 Å². The zero-order valence-electron chi connectivity index (χ0n) is 19.6. The van der Waals surface area contributed by atoms with Crippen LogP contribution in [-0.2, 0) is 14.3 Å². The third-order valence-electron chi connectivity index (χ3n) is 10.5. The third kappa shape index (κ3) is 3.02. The van der Waals surface area contributed by atoms with Crippen LogP contribution in [0.15, 0.2) is 11.6 Å². The van der Waals surface area contributed by atoms with E-state index in [1.54, 1.807) is 6.08 Å². The Morgan fingerprint density at radius 2 is 1.87 bits per heavy atom. The minimum Gasteiger partial charge on any atom is -0.458 e. The number of carbonyl (C=O) groups is 1. The van der Waals surface area contributed by atoms with Crippen molar-refractivity contribution in [2.24, 2.45) is 34.5 Å². The second-order valence-corrected chi connectivity index (χ2v) is 12.0. The number of aliphatic hydroxyl groups is 2. The molecule has 31 heavy (non-hydrogen) atoms. The maximum atomic E-state index is 12.3.